The lowest BCUT2D eigenvalue weighted by Gasteiger charge is -2.07. The summed E-state index contributed by atoms with van der Waals surface area (Å²) in [7, 11) is 0. The van der Waals surface area contributed by atoms with Crippen LogP contribution >= 0.6 is 0 Å². The molecule has 0 aliphatic carbocycles. The first-order valence-corrected chi connectivity index (χ1v) is 18.5. The van der Waals surface area contributed by atoms with Gasteiger partial charge in [-0.3, -0.25) is 9.59 Å². The lowest BCUT2D eigenvalue weighted by atomic mass is 9.97. The van der Waals surface area contributed by atoms with E-state index in [9.17, 15) is 9.59 Å². The number of aromatic amines is 2. The third-order valence-corrected chi connectivity index (χ3v) is 10.2. The maximum atomic E-state index is 12.1. The Morgan fingerprint density at radius 1 is 0.560 bits per heavy atom. The topological polar surface area (TPSA) is 110 Å². The largest absolute Gasteiger partial charge is 0.466 e. The number of allylic oxidation sites excluding steroid dienone is 4. The molecular formula is C42H54N4O4. The van der Waals surface area contributed by atoms with Gasteiger partial charge in [-0.05, 0) is 162 Å². The normalized spacial score (nSPS) is 13.0. The van der Waals surface area contributed by atoms with Crippen molar-refractivity contribution in [1.29, 1.82) is 0 Å². The van der Waals surface area contributed by atoms with E-state index in [2.05, 4.69) is 75.8 Å². The molecule has 2 aliphatic heterocycles. The fourth-order valence-electron chi connectivity index (χ4n) is 7.37. The number of carbonyl (C=O) groups is 2. The predicted octanol–water partition coefficient (Wildman–Crippen LogP) is 10.2. The predicted molar refractivity (Wildman–Crippen MR) is 204 cm³/mol. The van der Waals surface area contributed by atoms with E-state index in [1.807, 2.05) is 13.8 Å². The van der Waals surface area contributed by atoms with E-state index in [1.54, 1.807) is 0 Å². The quantitative estimate of drug-likeness (QED) is 0.130. The van der Waals surface area contributed by atoms with Gasteiger partial charge in [0.05, 0.1) is 36.0 Å². The number of aryl methyl sites for hydroxylation is 4. The minimum Gasteiger partial charge on any atom is -0.466 e. The van der Waals surface area contributed by atoms with Crippen molar-refractivity contribution in [2.45, 2.75) is 120 Å². The fourth-order valence-corrected chi connectivity index (χ4v) is 7.37. The van der Waals surface area contributed by atoms with Crippen molar-refractivity contribution < 1.29 is 19.1 Å². The van der Waals surface area contributed by atoms with Crippen LogP contribution in [0.5, 0.6) is 0 Å². The summed E-state index contributed by atoms with van der Waals surface area (Å²) in [4.78, 5) is 42.1. The van der Waals surface area contributed by atoms with Crippen LogP contribution in [0.4, 0.5) is 0 Å². The van der Waals surface area contributed by atoms with Crippen LogP contribution < -0.4 is 0 Å². The molecule has 0 fully saturated rings. The summed E-state index contributed by atoms with van der Waals surface area (Å²) in [5, 5.41) is 0. The summed E-state index contributed by atoms with van der Waals surface area (Å²) in [6.45, 7) is 17.6. The van der Waals surface area contributed by atoms with Crippen LogP contribution in [-0.2, 0) is 31.9 Å². The molecule has 8 heteroatoms. The van der Waals surface area contributed by atoms with E-state index in [4.69, 9.17) is 19.4 Å². The van der Waals surface area contributed by atoms with E-state index < -0.39 is 0 Å². The van der Waals surface area contributed by atoms with Crippen molar-refractivity contribution in [3.63, 3.8) is 0 Å². The van der Waals surface area contributed by atoms with Gasteiger partial charge in [0.2, 0.25) is 0 Å². The number of hydrogen-bond acceptors (Lipinski definition) is 6. The number of nitrogens with zero attached hydrogens (tertiary/aromatic N) is 2. The van der Waals surface area contributed by atoms with E-state index in [0.717, 1.165) is 107 Å². The van der Waals surface area contributed by atoms with Gasteiger partial charge in [0.15, 0.2) is 0 Å². The molecule has 2 N–H and O–H groups in total. The first-order valence-electron chi connectivity index (χ1n) is 18.5. The van der Waals surface area contributed by atoms with Crippen LogP contribution in [0.2, 0.25) is 0 Å². The second-order valence-corrected chi connectivity index (χ2v) is 13.4. The lowest BCUT2D eigenvalue weighted by molar-refractivity contribution is -0.144. The minimum absolute atomic E-state index is 0.145. The van der Waals surface area contributed by atoms with Gasteiger partial charge >= 0.3 is 11.9 Å². The molecule has 0 unspecified atom stereocenters. The van der Waals surface area contributed by atoms with Crippen molar-refractivity contribution in [3.8, 4) is 0 Å². The van der Waals surface area contributed by atoms with E-state index in [0.29, 0.717) is 26.1 Å². The summed E-state index contributed by atoms with van der Waals surface area (Å²) in [5.74, 6) is -0.291. The highest BCUT2D eigenvalue weighted by molar-refractivity contribution is 5.95. The molecule has 0 atom stereocenters. The summed E-state index contributed by atoms with van der Waals surface area (Å²) < 4.78 is 10.3. The van der Waals surface area contributed by atoms with Crippen LogP contribution in [-0.4, -0.2) is 45.1 Å². The Balaban J connectivity index is 1.70. The number of H-pyrrole nitrogens is 2. The first kappa shape index (κ1) is 36.8. The molecule has 0 aromatic carbocycles. The van der Waals surface area contributed by atoms with E-state index in [-0.39, 0.29) is 11.9 Å². The highest BCUT2D eigenvalue weighted by atomic mass is 16.5. The molecule has 2 aliphatic rings. The average molecular weight is 679 g/mol. The second kappa shape index (κ2) is 16.5. The van der Waals surface area contributed by atoms with Gasteiger partial charge in [-0.25, -0.2) is 9.97 Å². The van der Waals surface area contributed by atoms with Crippen molar-refractivity contribution >= 4 is 56.3 Å². The van der Waals surface area contributed by atoms with Gasteiger partial charge in [0.25, 0.3) is 0 Å². The fraction of sp³-hybridized carbons (Fsp3) is 0.476. The third-order valence-electron chi connectivity index (χ3n) is 10.2. The van der Waals surface area contributed by atoms with Gasteiger partial charge in [-0.15, -0.1) is 0 Å². The van der Waals surface area contributed by atoms with Crippen molar-refractivity contribution in [2.75, 3.05) is 13.2 Å². The molecule has 0 saturated heterocycles. The Hall–Kier alpha value is -4.46. The monoisotopic (exact) mass is 678 g/mol. The number of rotatable bonds is 14. The lowest BCUT2D eigenvalue weighted by Crippen LogP contribution is -2.03. The molecule has 8 bridgehead atoms. The molecule has 50 heavy (non-hydrogen) atoms. The van der Waals surface area contributed by atoms with Crippen molar-refractivity contribution in [2.24, 2.45) is 0 Å². The SMILES string of the molecule is CCOC(=O)CCCCC1=C(C)c2cc3[nH]c(cc4[nH]c(cc5nc(cc1n2)C(CCCCC(=O)OCC)=C5C)c(CC)c4C)c(CC)c3C. The molecular weight excluding hydrogens is 624 g/mol. The first-order chi connectivity index (χ1) is 24.1. The number of carbonyl (C=O) groups excluding carboxylic acids is 2. The Morgan fingerprint density at radius 3 is 1.42 bits per heavy atom. The number of unbranched alkanes of at least 4 members (excludes halogenated alkanes) is 2. The van der Waals surface area contributed by atoms with Crippen molar-refractivity contribution in [3.05, 3.63) is 69.3 Å². The number of esters is 2. The van der Waals surface area contributed by atoms with E-state index in [1.165, 1.54) is 33.4 Å². The van der Waals surface area contributed by atoms with Gasteiger partial charge in [-0.1, -0.05) is 13.8 Å². The van der Waals surface area contributed by atoms with Crippen molar-refractivity contribution in [1.82, 2.24) is 19.9 Å². The Bertz CT molecular complexity index is 1990. The maximum Gasteiger partial charge on any atom is 0.305 e. The Labute approximate surface area is 296 Å². The van der Waals surface area contributed by atoms with Crippen LogP contribution in [0.3, 0.4) is 0 Å². The number of nitrogens with one attached hydrogen (secondary N) is 2. The Kier molecular flexibility index (Phi) is 12.1. The highest BCUT2D eigenvalue weighted by Crippen LogP contribution is 2.38. The zero-order valence-corrected chi connectivity index (χ0v) is 31.3. The molecule has 5 rings (SSSR count). The number of hydrogen-bond donors (Lipinski definition) is 2. The summed E-state index contributed by atoms with van der Waals surface area (Å²) in [6, 6.07) is 8.81. The Morgan fingerprint density at radius 2 is 0.980 bits per heavy atom. The van der Waals surface area contributed by atoms with Crippen LogP contribution in [0, 0.1) is 13.8 Å². The minimum atomic E-state index is -0.145. The maximum absolute atomic E-state index is 12.1. The molecule has 8 nitrogen and oxygen atoms in total. The average Bonchev–Trinajstić information content (AvgIpc) is 3.74. The van der Waals surface area contributed by atoms with Gasteiger partial charge < -0.3 is 19.4 Å². The molecule has 0 saturated carbocycles. The van der Waals surface area contributed by atoms with Crippen LogP contribution in [0.1, 0.15) is 138 Å². The molecule has 0 amide bonds. The number of fused-ring (bicyclic) bond motifs is 8. The zero-order chi connectivity index (χ0) is 35.9. The highest BCUT2D eigenvalue weighted by Gasteiger charge is 2.22. The molecule has 0 spiro atoms. The molecule has 0 radical (unpaired) electrons. The van der Waals surface area contributed by atoms with Gasteiger partial charge in [0, 0.05) is 34.9 Å². The summed E-state index contributed by atoms with van der Waals surface area (Å²) in [5.41, 5.74) is 17.9. The van der Waals surface area contributed by atoms with Gasteiger partial charge in [-0.2, -0.15) is 0 Å². The van der Waals surface area contributed by atoms with Crippen LogP contribution in [0.25, 0.3) is 44.4 Å². The molecule has 3 aromatic heterocycles. The second-order valence-electron chi connectivity index (χ2n) is 13.4. The molecule has 5 heterocycles. The molecule has 266 valence electrons. The third kappa shape index (κ3) is 7.95. The number of ether oxygens (including phenoxy) is 2. The molecule has 3 aromatic rings. The number of aromatic nitrogens is 4. The van der Waals surface area contributed by atoms with Gasteiger partial charge in [0.1, 0.15) is 0 Å². The standard InChI is InChI=1S/C42H54N4O4/c1-9-29-25(5)33-21-34-27(7)31(17-13-15-19-41(47)49-11-3)39(45-34)24-40-32(18-14-16-20-42(48)50-12-4)28(8)36(46-40)23-38-30(10-2)26(6)35(44-38)22-37(29)43-33/h21-24,43-44H,9-20H2,1-8H3. The van der Waals surface area contributed by atoms with Crippen LogP contribution in [0.15, 0.2) is 24.3 Å². The summed E-state index contributed by atoms with van der Waals surface area (Å²) in [6.07, 6.45) is 7.48. The zero-order valence-electron chi connectivity index (χ0n) is 31.3. The smallest absolute Gasteiger partial charge is 0.305 e. The summed E-state index contributed by atoms with van der Waals surface area (Å²) >= 11 is 0. The van der Waals surface area contributed by atoms with E-state index >= 15 is 0 Å².